The fraction of sp³-hybridized carbons (Fsp3) is 0.312. The predicted molar refractivity (Wildman–Crippen MR) is 91.2 cm³/mol. The van der Waals surface area contributed by atoms with Crippen LogP contribution in [0.4, 0.5) is 18.9 Å². The van der Waals surface area contributed by atoms with E-state index in [1.54, 1.807) is 24.0 Å². The molecule has 4 N–H and O–H groups in total. The Labute approximate surface area is 147 Å². The Kier molecular flexibility index (Phi) is 4.45. The first kappa shape index (κ1) is 17.9. The molecule has 1 unspecified atom stereocenters. The maximum atomic E-state index is 13.0. The number of alkyl halides is 3. The number of pyridine rings is 1. The Morgan fingerprint density at radius 2 is 2.12 bits per heavy atom. The summed E-state index contributed by atoms with van der Waals surface area (Å²) in [5, 5.41) is 9.79. The molecule has 0 aromatic carbocycles. The number of nitrogens with zero attached hydrogens (tertiary/aromatic N) is 4. The molecule has 1 atom stereocenters. The third-order valence-electron chi connectivity index (χ3n) is 3.80. The highest BCUT2D eigenvalue weighted by atomic mass is 19.4. The lowest BCUT2D eigenvalue weighted by Gasteiger charge is -2.30. The topological polar surface area (TPSA) is 93.2 Å². The lowest BCUT2D eigenvalue weighted by atomic mass is 10.0. The summed E-state index contributed by atoms with van der Waals surface area (Å²) in [7, 11) is 0. The molecular formula is C16H18F3N7. The molecule has 3 rings (SSSR count). The number of hydrogen-bond acceptors (Lipinski definition) is 6. The predicted octanol–water partition coefficient (Wildman–Crippen LogP) is 2.13. The van der Waals surface area contributed by atoms with E-state index in [9.17, 15) is 13.2 Å². The minimum Gasteiger partial charge on any atom is -0.332 e. The van der Waals surface area contributed by atoms with Gasteiger partial charge in [0.15, 0.2) is 0 Å². The van der Waals surface area contributed by atoms with Crippen molar-refractivity contribution in [2.75, 3.05) is 5.32 Å². The van der Waals surface area contributed by atoms with Crippen LogP contribution in [-0.2, 0) is 6.54 Å². The molecular weight excluding hydrogens is 347 g/mol. The van der Waals surface area contributed by atoms with Crippen molar-refractivity contribution >= 4 is 11.6 Å². The van der Waals surface area contributed by atoms with Crippen LogP contribution in [0.15, 0.2) is 47.4 Å². The van der Waals surface area contributed by atoms with Crippen molar-refractivity contribution in [3.8, 4) is 0 Å². The molecule has 0 bridgehead atoms. The standard InChI is InChI=1S/C16H18F3N7/c1-10-12(9-26(25-10)8-11-5-3-4-6-21-11)23-14-22-7-13(16(17,18)19)15(2,20)24-14/h3-7,9H,8,20H2,1-2H3,(H2,22,23,24). The molecule has 26 heavy (non-hydrogen) atoms. The third-order valence-corrected chi connectivity index (χ3v) is 3.80. The molecule has 1 aliphatic rings. The Bertz CT molecular complexity index is 850. The number of nitrogens with one attached hydrogen (secondary N) is 2. The molecule has 0 saturated carbocycles. The van der Waals surface area contributed by atoms with Crippen molar-refractivity contribution in [2.24, 2.45) is 10.7 Å². The van der Waals surface area contributed by atoms with E-state index in [1.807, 2.05) is 18.2 Å². The van der Waals surface area contributed by atoms with Gasteiger partial charge in [-0.2, -0.15) is 18.3 Å². The van der Waals surface area contributed by atoms with Gasteiger partial charge in [0.1, 0.15) is 5.66 Å². The van der Waals surface area contributed by atoms with Gasteiger partial charge in [0.05, 0.1) is 29.2 Å². The van der Waals surface area contributed by atoms with Gasteiger partial charge in [0.25, 0.3) is 0 Å². The molecule has 10 heteroatoms. The van der Waals surface area contributed by atoms with Crippen LogP contribution >= 0.6 is 0 Å². The van der Waals surface area contributed by atoms with Crippen LogP contribution in [0.3, 0.4) is 0 Å². The zero-order valence-corrected chi connectivity index (χ0v) is 14.2. The summed E-state index contributed by atoms with van der Waals surface area (Å²) in [4.78, 5) is 8.16. The monoisotopic (exact) mass is 365 g/mol. The van der Waals surface area contributed by atoms with Gasteiger partial charge < -0.3 is 16.4 Å². The first-order chi connectivity index (χ1) is 12.1. The lowest BCUT2D eigenvalue weighted by molar-refractivity contribution is -0.100. The van der Waals surface area contributed by atoms with Crippen LogP contribution in [0.5, 0.6) is 0 Å². The zero-order valence-electron chi connectivity index (χ0n) is 14.2. The van der Waals surface area contributed by atoms with E-state index in [0.717, 1.165) is 11.9 Å². The molecule has 7 nitrogen and oxygen atoms in total. The number of hydrogen-bond donors (Lipinski definition) is 3. The summed E-state index contributed by atoms with van der Waals surface area (Å²) in [6.45, 7) is 3.45. The Balaban J connectivity index is 1.75. The van der Waals surface area contributed by atoms with E-state index in [2.05, 4.69) is 25.7 Å². The number of aromatic nitrogens is 3. The molecule has 1 aliphatic heterocycles. The number of aryl methyl sites for hydroxylation is 1. The number of guanidine groups is 1. The molecule has 138 valence electrons. The van der Waals surface area contributed by atoms with Gasteiger partial charge in [-0.05, 0) is 26.0 Å². The highest BCUT2D eigenvalue weighted by Crippen LogP contribution is 2.34. The number of aliphatic imine (C=N–C) groups is 1. The smallest absolute Gasteiger partial charge is 0.332 e. The highest BCUT2D eigenvalue weighted by Gasteiger charge is 2.45. The fourth-order valence-corrected chi connectivity index (χ4v) is 2.55. The zero-order chi connectivity index (χ0) is 18.9. The Hall–Kier alpha value is -2.88. The second-order valence-electron chi connectivity index (χ2n) is 6.08. The Morgan fingerprint density at radius 1 is 1.35 bits per heavy atom. The van der Waals surface area contributed by atoms with E-state index < -0.39 is 17.4 Å². The largest absolute Gasteiger partial charge is 0.417 e. The summed E-state index contributed by atoms with van der Waals surface area (Å²) >= 11 is 0. The average Bonchev–Trinajstić information content (AvgIpc) is 2.85. The molecule has 3 heterocycles. The van der Waals surface area contributed by atoms with Crippen LogP contribution in [-0.4, -0.2) is 32.6 Å². The second-order valence-corrected chi connectivity index (χ2v) is 6.08. The minimum absolute atomic E-state index is 0.114. The van der Waals surface area contributed by atoms with Crippen LogP contribution in [0.25, 0.3) is 0 Å². The van der Waals surface area contributed by atoms with Crippen molar-refractivity contribution in [1.82, 2.24) is 20.1 Å². The van der Waals surface area contributed by atoms with Crippen LogP contribution in [0.2, 0.25) is 0 Å². The summed E-state index contributed by atoms with van der Waals surface area (Å²) in [5.41, 5.74) is 4.98. The maximum Gasteiger partial charge on any atom is 0.417 e. The van der Waals surface area contributed by atoms with E-state index in [1.165, 1.54) is 6.92 Å². The number of anilines is 1. The van der Waals surface area contributed by atoms with E-state index >= 15 is 0 Å². The lowest BCUT2D eigenvalue weighted by Crippen LogP contribution is -2.49. The molecule has 0 fully saturated rings. The van der Waals surface area contributed by atoms with Gasteiger partial charge in [-0.1, -0.05) is 6.07 Å². The summed E-state index contributed by atoms with van der Waals surface area (Å²) in [5.74, 6) is 0.114. The molecule has 2 aromatic heterocycles. The number of halogens is 3. The van der Waals surface area contributed by atoms with Crippen molar-refractivity contribution in [2.45, 2.75) is 32.2 Å². The quantitative estimate of drug-likeness (QED) is 0.775. The van der Waals surface area contributed by atoms with Crippen molar-refractivity contribution in [1.29, 1.82) is 0 Å². The molecule has 0 radical (unpaired) electrons. The second kappa shape index (κ2) is 6.45. The van der Waals surface area contributed by atoms with Gasteiger partial charge in [-0.3, -0.25) is 9.67 Å². The average molecular weight is 365 g/mol. The molecule has 0 saturated heterocycles. The van der Waals surface area contributed by atoms with Crippen molar-refractivity contribution in [3.05, 3.63) is 53.8 Å². The normalized spacial score (nSPS) is 20.2. The van der Waals surface area contributed by atoms with Gasteiger partial charge in [0, 0.05) is 18.6 Å². The van der Waals surface area contributed by atoms with E-state index in [-0.39, 0.29) is 5.96 Å². The first-order valence-corrected chi connectivity index (χ1v) is 7.79. The number of rotatable bonds is 3. The summed E-state index contributed by atoms with van der Waals surface area (Å²) in [6, 6.07) is 5.58. The summed E-state index contributed by atoms with van der Waals surface area (Å²) in [6.07, 6.45) is -0.318. The van der Waals surface area contributed by atoms with Crippen LogP contribution in [0, 0.1) is 6.92 Å². The van der Waals surface area contributed by atoms with Crippen LogP contribution < -0.4 is 16.4 Å². The maximum absolute atomic E-state index is 13.0. The van der Waals surface area contributed by atoms with E-state index in [0.29, 0.717) is 17.9 Å². The molecule has 0 spiro atoms. The van der Waals surface area contributed by atoms with Gasteiger partial charge in [0.2, 0.25) is 5.96 Å². The molecule has 2 aromatic rings. The first-order valence-electron chi connectivity index (χ1n) is 7.79. The summed E-state index contributed by atoms with van der Waals surface area (Å²) < 4.78 is 40.6. The van der Waals surface area contributed by atoms with Gasteiger partial charge >= 0.3 is 6.18 Å². The van der Waals surface area contributed by atoms with Gasteiger partial charge in [-0.25, -0.2) is 4.99 Å². The van der Waals surface area contributed by atoms with E-state index in [4.69, 9.17) is 5.73 Å². The van der Waals surface area contributed by atoms with Crippen molar-refractivity contribution in [3.63, 3.8) is 0 Å². The minimum atomic E-state index is -4.56. The Morgan fingerprint density at radius 3 is 2.73 bits per heavy atom. The number of nitrogens with two attached hydrogens (primary N) is 1. The molecule has 0 aliphatic carbocycles. The third kappa shape index (κ3) is 3.85. The fourth-order valence-electron chi connectivity index (χ4n) is 2.55. The van der Waals surface area contributed by atoms with Gasteiger partial charge in [-0.15, -0.1) is 0 Å². The van der Waals surface area contributed by atoms with Crippen molar-refractivity contribution < 1.29 is 13.2 Å². The highest BCUT2D eigenvalue weighted by molar-refractivity contribution is 5.95. The SMILES string of the molecule is Cc1nn(Cc2ccccn2)cc1NC1=NC(C)(N)C(C(F)(F)F)=CN1. The molecule has 0 amide bonds. The van der Waals surface area contributed by atoms with Crippen LogP contribution in [0.1, 0.15) is 18.3 Å².